The SMILES string of the molecule is CC1CCC2(CC1)NC(=O)N(CN(Cc1ccccc1)Cc1ccccc1)C2=O. The Morgan fingerprint density at radius 2 is 1.45 bits per heavy atom. The van der Waals surface area contributed by atoms with E-state index in [4.69, 9.17) is 0 Å². The Kier molecular flexibility index (Phi) is 5.67. The molecule has 5 nitrogen and oxygen atoms in total. The van der Waals surface area contributed by atoms with E-state index < -0.39 is 5.54 Å². The molecule has 0 bridgehead atoms. The molecule has 152 valence electrons. The van der Waals surface area contributed by atoms with Crippen molar-refractivity contribution in [3.63, 3.8) is 0 Å². The van der Waals surface area contributed by atoms with Gasteiger partial charge in [0.15, 0.2) is 0 Å². The highest BCUT2D eigenvalue weighted by Crippen LogP contribution is 2.36. The van der Waals surface area contributed by atoms with E-state index in [1.807, 2.05) is 36.4 Å². The first-order valence-electron chi connectivity index (χ1n) is 10.5. The fourth-order valence-electron chi connectivity index (χ4n) is 4.44. The standard InChI is InChI=1S/C24H29N3O2/c1-19-12-14-24(15-13-19)22(28)27(23(29)25-24)18-26(16-20-8-4-2-5-9-20)17-21-10-6-3-7-11-21/h2-11,19H,12-18H2,1H3,(H,25,29). The Morgan fingerprint density at radius 3 is 1.97 bits per heavy atom. The fourth-order valence-corrected chi connectivity index (χ4v) is 4.44. The number of nitrogens with zero attached hydrogens (tertiary/aromatic N) is 2. The number of hydrogen-bond donors (Lipinski definition) is 1. The van der Waals surface area contributed by atoms with Crippen LogP contribution in [0.25, 0.3) is 0 Å². The number of carbonyl (C=O) groups excluding carboxylic acids is 2. The first-order valence-corrected chi connectivity index (χ1v) is 10.5. The zero-order valence-corrected chi connectivity index (χ0v) is 17.0. The van der Waals surface area contributed by atoms with Crippen molar-refractivity contribution >= 4 is 11.9 Å². The van der Waals surface area contributed by atoms with Gasteiger partial charge in [0.05, 0.1) is 6.67 Å². The van der Waals surface area contributed by atoms with Crippen molar-refractivity contribution in [2.75, 3.05) is 6.67 Å². The van der Waals surface area contributed by atoms with E-state index in [-0.39, 0.29) is 11.9 Å². The fraction of sp³-hybridized carbons (Fsp3) is 0.417. The molecule has 0 unspecified atom stereocenters. The second-order valence-corrected chi connectivity index (χ2v) is 8.53. The van der Waals surface area contributed by atoms with Crippen LogP contribution in [0.2, 0.25) is 0 Å². The van der Waals surface area contributed by atoms with Gasteiger partial charge in [0.2, 0.25) is 0 Å². The van der Waals surface area contributed by atoms with Gasteiger partial charge in [-0.2, -0.15) is 0 Å². The summed E-state index contributed by atoms with van der Waals surface area (Å²) < 4.78 is 0. The topological polar surface area (TPSA) is 52.7 Å². The third-order valence-corrected chi connectivity index (χ3v) is 6.21. The van der Waals surface area contributed by atoms with Gasteiger partial charge in [-0.1, -0.05) is 67.6 Å². The first kappa shape index (κ1) is 19.6. The number of hydrogen-bond acceptors (Lipinski definition) is 3. The number of imide groups is 1. The van der Waals surface area contributed by atoms with Gasteiger partial charge in [-0.3, -0.25) is 9.69 Å². The average Bonchev–Trinajstić information content (AvgIpc) is 2.96. The quantitative estimate of drug-likeness (QED) is 0.753. The summed E-state index contributed by atoms with van der Waals surface area (Å²) in [4.78, 5) is 29.6. The molecule has 1 saturated heterocycles. The normalized spacial score (nSPS) is 24.3. The summed E-state index contributed by atoms with van der Waals surface area (Å²) in [7, 11) is 0. The average molecular weight is 392 g/mol. The molecule has 5 heteroatoms. The number of nitrogens with one attached hydrogen (secondary N) is 1. The van der Waals surface area contributed by atoms with Crippen molar-refractivity contribution < 1.29 is 9.59 Å². The molecule has 2 aromatic rings. The van der Waals surface area contributed by atoms with E-state index in [0.29, 0.717) is 25.7 Å². The molecule has 1 heterocycles. The summed E-state index contributed by atoms with van der Waals surface area (Å²) in [5, 5.41) is 3.03. The van der Waals surface area contributed by atoms with Crippen LogP contribution >= 0.6 is 0 Å². The van der Waals surface area contributed by atoms with Crippen molar-refractivity contribution in [2.45, 2.75) is 51.2 Å². The zero-order chi connectivity index (χ0) is 20.3. The van der Waals surface area contributed by atoms with Gasteiger partial charge >= 0.3 is 6.03 Å². The lowest BCUT2D eigenvalue weighted by Gasteiger charge is -2.34. The predicted molar refractivity (Wildman–Crippen MR) is 113 cm³/mol. The molecule has 0 aromatic heterocycles. The summed E-state index contributed by atoms with van der Waals surface area (Å²) in [6, 6.07) is 20.1. The van der Waals surface area contributed by atoms with Crippen LogP contribution in [0.5, 0.6) is 0 Å². The Hall–Kier alpha value is -2.66. The molecule has 2 fully saturated rings. The van der Waals surface area contributed by atoms with Gasteiger partial charge in [-0.05, 0) is 42.7 Å². The second kappa shape index (κ2) is 8.37. The van der Waals surface area contributed by atoms with Crippen LogP contribution in [0.4, 0.5) is 4.79 Å². The van der Waals surface area contributed by atoms with Crippen LogP contribution in [-0.2, 0) is 17.9 Å². The summed E-state index contributed by atoms with van der Waals surface area (Å²) in [6.07, 6.45) is 3.45. The summed E-state index contributed by atoms with van der Waals surface area (Å²) in [6.45, 7) is 3.87. The number of urea groups is 1. The van der Waals surface area contributed by atoms with E-state index in [9.17, 15) is 9.59 Å². The van der Waals surface area contributed by atoms with Crippen molar-refractivity contribution in [2.24, 2.45) is 5.92 Å². The monoisotopic (exact) mass is 391 g/mol. The van der Waals surface area contributed by atoms with Crippen LogP contribution in [0, 0.1) is 5.92 Å². The Balaban J connectivity index is 1.52. The molecule has 1 spiro atoms. The summed E-state index contributed by atoms with van der Waals surface area (Å²) in [5.74, 6) is 0.563. The lowest BCUT2D eigenvalue weighted by atomic mass is 9.77. The van der Waals surface area contributed by atoms with E-state index in [2.05, 4.69) is 41.4 Å². The second-order valence-electron chi connectivity index (χ2n) is 8.53. The lowest BCUT2D eigenvalue weighted by molar-refractivity contribution is -0.134. The van der Waals surface area contributed by atoms with Gasteiger partial charge in [-0.25, -0.2) is 9.69 Å². The number of rotatable bonds is 6. The minimum atomic E-state index is -0.686. The number of carbonyl (C=O) groups is 2. The third-order valence-electron chi connectivity index (χ3n) is 6.21. The maximum absolute atomic E-state index is 13.3. The Bertz CT molecular complexity index is 803. The summed E-state index contributed by atoms with van der Waals surface area (Å²) >= 11 is 0. The molecule has 0 atom stereocenters. The predicted octanol–water partition coefficient (Wildman–Crippen LogP) is 4.15. The maximum Gasteiger partial charge on any atom is 0.326 e. The van der Waals surface area contributed by atoms with Gasteiger partial charge < -0.3 is 5.32 Å². The van der Waals surface area contributed by atoms with Crippen LogP contribution < -0.4 is 5.32 Å². The van der Waals surface area contributed by atoms with Crippen LogP contribution in [0.1, 0.15) is 43.7 Å². The van der Waals surface area contributed by atoms with Crippen LogP contribution in [0.3, 0.4) is 0 Å². The van der Waals surface area contributed by atoms with E-state index in [1.54, 1.807) is 0 Å². The van der Waals surface area contributed by atoms with Crippen molar-refractivity contribution in [3.8, 4) is 0 Å². The van der Waals surface area contributed by atoms with Crippen LogP contribution in [0.15, 0.2) is 60.7 Å². The molecule has 2 aliphatic rings. The van der Waals surface area contributed by atoms with Gasteiger partial charge in [0.1, 0.15) is 5.54 Å². The highest BCUT2D eigenvalue weighted by atomic mass is 16.2. The Morgan fingerprint density at radius 1 is 0.931 bits per heavy atom. The first-order chi connectivity index (χ1) is 14.1. The third kappa shape index (κ3) is 4.35. The smallest absolute Gasteiger partial charge is 0.323 e. The van der Waals surface area contributed by atoms with Gasteiger partial charge in [0.25, 0.3) is 5.91 Å². The molecule has 1 saturated carbocycles. The molecule has 1 N–H and O–H groups in total. The molecular formula is C24H29N3O2. The highest BCUT2D eigenvalue weighted by Gasteiger charge is 2.52. The van der Waals surface area contributed by atoms with E-state index in [1.165, 1.54) is 4.90 Å². The number of amides is 3. The Labute approximate surface area is 172 Å². The molecule has 1 aliphatic heterocycles. The molecule has 1 aliphatic carbocycles. The molecule has 4 rings (SSSR count). The van der Waals surface area contributed by atoms with E-state index in [0.717, 1.165) is 36.8 Å². The highest BCUT2D eigenvalue weighted by molar-refractivity contribution is 6.07. The molecule has 0 radical (unpaired) electrons. The van der Waals surface area contributed by atoms with Crippen LogP contribution in [-0.4, -0.2) is 33.9 Å². The minimum Gasteiger partial charge on any atom is -0.323 e. The lowest BCUT2D eigenvalue weighted by Crippen LogP contribution is -2.50. The molecular weight excluding hydrogens is 362 g/mol. The van der Waals surface area contributed by atoms with Crippen molar-refractivity contribution in [1.82, 2.24) is 15.1 Å². The molecule has 29 heavy (non-hydrogen) atoms. The largest absolute Gasteiger partial charge is 0.326 e. The molecule has 3 amide bonds. The van der Waals surface area contributed by atoms with Crippen molar-refractivity contribution in [3.05, 3.63) is 71.8 Å². The summed E-state index contributed by atoms with van der Waals surface area (Å²) in [5.41, 5.74) is 1.64. The van der Waals surface area contributed by atoms with E-state index >= 15 is 0 Å². The maximum atomic E-state index is 13.3. The van der Waals surface area contributed by atoms with Gasteiger partial charge in [0, 0.05) is 13.1 Å². The minimum absolute atomic E-state index is 0.0551. The van der Waals surface area contributed by atoms with Gasteiger partial charge in [-0.15, -0.1) is 0 Å². The molecule has 2 aromatic carbocycles. The zero-order valence-electron chi connectivity index (χ0n) is 17.0. The van der Waals surface area contributed by atoms with Crippen molar-refractivity contribution in [1.29, 1.82) is 0 Å². The number of benzene rings is 2.